The Morgan fingerprint density at radius 1 is 1.04 bits per heavy atom. The SMILES string of the molecule is CC(C)(C)OC(=O)N1CCCN(Cc2ccccc2)CC1.CC(C)C. The zero-order valence-corrected chi connectivity index (χ0v) is 16.9. The van der Waals surface area contributed by atoms with Gasteiger partial charge in [0.1, 0.15) is 5.60 Å². The molecule has 1 aromatic rings. The molecule has 142 valence electrons. The summed E-state index contributed by atoms with van der Waals surface area (Å²) in [5.41, 5.74) is 0.899. The van der Waals surface area contributed by atoms with Crippen molar-refractivity contribution < 1.29 is 9.53 Å². The van der Waals surface area contributed by atoms with Gasteiger partial charge < -0.3 is 9.64 Å². The largest absolute Gasteiger partial charge is 0.444 e. The third-order valence-electron chi connectivity index (χ3n) is 3.49. The topological polar surface area (TPSA) is 32.8 Å². The Bertz CT molecular complexity index is 492. The van der Waals surface area contributed by atoms with Gasteiger partial charge in [-0.15, -0.1) is 0 Å². The van der Waals surface area contributed by atoms with Crippen LogP contribution in [0, 0.1) is 5.92 Å². The zero-order valence-electron chi connectivity index (χ0n) is 16.9. The Kier molecular flexibility index (Phi) is 8.98. The van der Waals surface area contributed by atoms with Crippen LogP contribution >= 0.6 is 0 Å². The van der Waals surface area contributed by atoms with Crippen LogP contribution in [0.3, 0.4) is 0 Å². The molecule has 0 radical (unpaired) electrons. The van der Waals surface area contributed by atoms with Gasteiger partial charge in [-0.3, -0.25) is 4.90 Å². The molecule has 25 heavy (non-hydrogen) atoms. The maximum Gasteiger partial charge on any atom is 0.410 e. The van der Waals surface area contributed by atoms with E-state index in [-0.39, 0.29) is 6.09 Å². The van der Waals surface area contributed by atoms with Crippen molar-refractivity contribution in [1.29, 1.82) is 0 Å². The fourth-order valence-corrected chi connectivity index (χ4v) is 2.48. The molecule has 0 aliphatic carbocycles. The highest BCUT2D eigenvalue weighted by molar-refractivity contribution is 5.68. The van der Waals surface area contributed by atoms with E-state index in [1.54, 1.807) is 0 Å². The number of carbonyl (C=O) groups is 1. The number of amides is 1. The fourth-order valence-electron chi connectivity index (χ4n) is 2.48. The van der Waals surface area contributed by atoms with Crippen LogP contribution in [0.5, 0.6) is 0 Å². The Hall–Kier alpha value is -1.55. The van der Waals surface area contributed by atoms with E-state index in [9.17, 15) is 4.79 Å². The summed E-state index contributed by atoms with van der Waals surface area (Å²) < 4.78 is 5.45. The first-order valence-corrected chi connectivity index (χ1v) is 9.41. The van der Waals surface area contributed by atoms with Crippen LogP contribution in [0.25, 0.3) is 0 Å². The molecule has 1 aromatic carbocycles. The zero-order chi connectivity index (χ0) is 18.9. The predicted octanol–water partition coefficient (Wildman–Crippen LogP) is 4.79. The molecule has 0 unspecified atom stereocenters. The van der Waals surface area contributed by atoms with Crippen LogP contribution in [0.4, 0.5) is 4.79 Å². The molecule has 0 atom stereocenters. The highest BCUT2D eigenvalue weighted by Crippen LogP contribution is 2.13. The molecule has 1 amide bonds. The predicted molar refractivity (Wildman–Crippen MR) is 105 cm³/mol. The minimum absolute atomic E-state index is 0.191. The molecule has 0 N–H and O–H groups in total. The van der Waals surface area contributed by atoms with E-state index in [0.717, 1.165) is 45.1 Å². The van der Waals surface area contributed by atoms with Crippen LogP contribution in [0.1, 0.15) is 53.5 Å². The first-order valence-electron chi connectivity index (χ1n) is 9.41. The van der Waals surface area contributed by atoms with Crippen molar-refractivity contribution in [2.24, 2.45) is 5.92 Å². The lowest BCUT2D eigenvalue weighted by Crippen LogP contribution is -2.39. The van der Waals surface area contributed by atoms with Crippen molar-refractivity contribution in [1.82, 2.24) is 9.80 Å². The van der Waals surface area contributed by atoms with E-state index in [1.165, 1.54) is 5.56 Å². The molecule has 0 spiro atoms. The standard InChI is InChI=1S/C17H26N2O2.C4H10/c1-17(2,3)21-16(20)19-11-7-10-18(12-13-19)14-15-8-5-4-6-9-15;1-4(2)3/h4-6,8-9H,7,10-14H2,1-3H3;4H,1-3H3. The van der Waals surface area contributed by atoms with Crippen molar-refractivity contribution in [3.8, 4) is 0 Å². The van der Waals surface area contributed by atoms with Gasteiger partial charge in [-0.1, -0.05) is 51.1 Å². The molecule has 1 fully saturated rings. The van der Waals surface area contributed by atoms with Crippen molar-refractivity contribution in [2.45, 2.75) is 60.1 Å². The molecule has 2 rings (SSSR count). The van der Waals surface area contributed by atoms with Crippen LogP contribution in [-0.2, 0) is 11.3 Å². The van der Waals surface area contributed by atoms with Crippen LogP contribution in [0.15, 0.2) is 30.3 Å². The first kappa shape index (κ1) is 21.5. The maximum atomic E-state index is 12.1. The maximum absolute atomic E-state index is 12.1. The van der Waals surface area contributed by atoms with E-state index in [1.807, 2.05) is 31.7 Å². The molecule has 1 heterocycles. The third kappa shape index (κ3) is 10.1. The Labute approximate surface area is 154 Å². The Balaban J connectivity index is 0.000000705. The second-order valence-corrected chi connectivity index (χ2v) is 8.31. The Morgan fingerprint density at radius 3 is 2.20 bits per heavy atom. The van der Waals surface area contributed by atoms with Crippen molar-refractivity contribution in [3.63, 3.8) is 0 Å². The smallest absolute Gasteiger partial charge is 0.410 e. The van der Waals surface area contributed by atoms with E-state index in [2.05, 4.69) is 49.9 Å². The monoisotopic (exact) mass is 348 g/mol. The van der Waals surface area contributed by atoms with Crippen LogP contribution in [0.2, 0.25) is 0 Å². The molecule has 1 saturated heterocycles. The molecule has 0 bridgehead atoms. The van der Waals surface area contributed by atoms with Gasteiger partial charge >= 0.3 is 6.09 Å². The van der Waals surface area contributed by atoms with E-state index in [0.29, 0.717) is 0 Å². The molecule has 0 aromatic heterocycles. The highest BCUT2D eigenvalue weighted by Gasteiger charge is 2.24. The second-order valence-electron chi connectivity index (χ2n) is 8.31. The normalized spacial score (nSPS) is 16.0. The number of hydrogen-bond donors (Lipinski definition) is 0. The molecule has 1 aliphatic heterocycles. The quantitative estimate of drug-likeness (QED) is 0.770. The third-order valence-corrected chi connectivity index (χ3v) is 3.49. The summed E-state index contributed by atoms with van der Waals surface area (Å²) in [7, 11) is 0. The number of nitrogens with zero attached hydrogens (tertiary/aromatic N) is 2. The lowest BCUT2D eigenvalue weighted by Gasteiger charge is -2.26. The minimum atomic E-state index is -0.423. The first-order chi connectivity index (χ1) is 11.7. The van der Waals surface area contributed by atoms with Crippen LogP contribution in [-0.4, -0.2) is 47.7 Å². The summed E-state index contributed by atoms with van der Waals surface area (Å²) in [4.78, 5) is 16.3. The molecular weight excluding hydrogens is 312 g/mol. The van der Waals surface area contributed by atoms with Gasteiger partial charge in [0.15, 0.2) is 0 Å². The minimum Gasteiger partial charge on any atom is -0.444 e. The average molecular weight is 349 g/mol. The van der Waals surface area contributed by atoms with Gasteiger partial charge in [-0.2, -0.15) is 0 Å². The van der Waals surface area contributed by atoms with Crippen molar-refractivity contribution in [3.05, 3.63) is 35.9 Å². The van der Waals surface area contributed by atoms with Gasteiger partial charge in [-0.25, -0.2) is 4.79 Å². The fraction of sp³-hybridized carbons (Fsp3) is 0.667. The summed E-state index contributed by atoms with van der Waals surface area (Å²) in [6.45, 7) is 16.6. The second kappa shape index (κ2) is 10.4. The van der Waals surface area contributed by atoms with E-state index < -0.39 is 5.60 Å². The highest BCUT2D eigenvalue weighted by atomic mass is 16.6. The van der Waals surface area contributed by atoms with Crippen LogP contribution < -0.4 is 0 Å². The summed E-state index contributed by atoms with van der Waals surface area (Å²) in [5.74, 6) is 0.833. The lowest BCUT2D eigenvalue weighted by atomic mass is 10.2. The molecule has 4 nitrogen and oxygen atoms in total. The average Bonchev–Trinajstić information content (AvgIpc) is 2.72. The lowest BCUT2D eigenvalue weighted by molar-refractivity contribution is 0.0257. The van der Waals surface area contributed by atoms with E-state index >= 15 is 0 Å². The van der Waals surface area contributed by atoms with Crippen molar-refractivity contribution in [2.75, 3.05) is 26.2 Å². The molecular formula is C21H36N2O2. The number of carbonyl (C=O) groups excluding carboxylic acids is 1. The summed E-state index contributed by atoms with van der Waals surface area (Å²) in [6, 6.07) is 10.5. The molecule has 0 saturated carbocycles. The number of benzene rings is 1. The van der Waals surface area contributed by atoms with Gasteiger partial charge in [0, 0.05) is 32.7 Å². The number of rotatable bonds is 2. The summed E-state index contributed by atoms with van der Waals surface area (Å²) >= 11 is 0. The number of ether oxygens (including phenoxy) is 1. The Morgan fingerprint density at radius 2 is 1.64 bits per heavy atom. The van der Waals surface area contributed by atoms with Gasteiger partial charge in [0.25, 0.3) is 0 Å². The molecule has 4 heteroatoms. The van der Waals surface area contributed by atoms with Crippen molar-refractivity contribution >= 4 is 6.09 Å². The molecule has 1 aliphatic rings. The van der Waals surface area contributed by atoms with Gasteiger partial charge in [0.05, 0.1) is 0 Å². The van der Waals surface area contributed by atoms with Gasteiger partial charge in [-0.05, 0) is 38.7 Å². The summed E-state index contributed by atoms with van der Waals surface area (Å²) in [5, 5.41) is 0. The summed E-state index contributed by atoms with van der Waals surface area (Å²) in [6.07, 6.45) is 0.801. The number of hydrogen-bond acceptors (Lipinski definition) is 3. The van der Waals surface area contributed by atoms with Gasteiger partial charge in [0.2, 0.25) is 0 Å². The van der Waals surface area contributed by atoms with E-state index in [4.69, 9.17) is 4.74 Å².